The molecular weight excluding hydrogens is 491 g/mol. The van der Waals surface area contributed by atoms with Gasteiger partial charge < -0.3 is 15.3 Å². The Morgan fingerprint density at radius 1 is 1.22 bits per heavy atom. The van der Waals surface area contributed by atoms with Crippen LogP contribution in [0.3, 0.4) is 0 Å². The summed E-state index contributed by atoms with van der Waals surface area (Å²) in [5, 5.41) is 16.4. The van der Waals surface area contributed by atoms with Gasteiger partial charge in [-0.05, 0) is 37.1 Å². The predicted octanol–water partition coefficient (Wildman–Crippen LogP) is 2.51. The van der Waals surface area contributed by atoms with Crippen molar-refractivity contribution in [2.45, 2.75) is 38.9 Å². The summed E-state index contributed by atoms with van der Waals surface area (Å²) >= 11 is 5.78. The Morgan fingerprint density at radius 3 is 2.64 bits per heavy atom. The number of hydrogen-bond donors (Lipinski definition) is 2. The number of ketones is 2. The Kier molecular flexibility index (Phi) is 7.46. The predicted molar refractivity (Wildman–Crippen MR) is 129 cm³/mol. The van der Waals surface area contributed by atoms with E-state index in [1.165, 1.54) is 40.8 Å². The highest BCUT2D eigenvalue weighted by Crippen LogP contribution is 2.28. The van der Waals surface area contributed by atoms with Gasteiger partial charge in [-0.25, -0.2) is 4.39 Å². The summed E-state index contributed by atoms with van der Waals surface area (Å²) in [5.41, 5.74) is 1.04. The number of benzene rings is 2. The van der Waals surface area contributed by atoms with Crippen LogP contribution in [0.5, 0.6) is 0 Å². The topological polar surface area (TPSA) is 122 Å². The monoisotopic (exact) mass is 514 g/mol. The number of fused-ring (bicyclic) bond motifs is 1. The quantitative estimate of drug-likeness (QED) is 0.401. The zero-order chi connectivity index (χ0) is 26.0. The number of amides is 2. The van der Waals surface area contributed by atoms with Gasteiger partial charge in [-0.2, -0.15) is 5.10 Å². The van der Waals surface area contributed by atoms with E-state index in [2.05, 4.69) is 10.4 Å². The summed E-state index contributed by atoms with van der Waals surface area (Å²) in [7, 11) is 0. The van der Waals surface area contributed by atoms with Crippen molar-refractivity contribution >= 4 is 45.9 Å². The Balaban J connectivity index is 1.50. The van der Waals surface area contributed by atoms with Crippen molar-refractivity contribution in [2.75, 3.05) is 13.2 Å². The summed E-state index contributed by atoms with van der Waals surface area (Å²) in [6.07, 6.45) is 1.51. The second kappa shape index (κ2) is 10.5. The van der Waals surface area contributed by atoms with Crippen LogP contribution in [0.4, 0.5) is 4.39 Å². The summed E-state index contributed by atoms with van der Waals surface area (Å²) in [6, 6.07) is 8.96. The van der Waals surface area contributed by atoms with Gasteiger partial charge in [0.25, 0.3) is 0 Å². The van der Waals surface area contributed by atoms with E-state index in [4.69, 9.17) is 16.7 Å². The molecule has 11 heteroatoms. The van der Waals surface area contributed by atoms with Crippen molar-refractivity contribution in [2.24, 2.45) is 0 Å². The first kappa shape index (κ1) is 25.5. The van der Waals surface area contributed by atoms with Crippen molar-refractivity contribution in [3.63, 3.8) is 0 Å². The highest BCUT2D eigenvalue weighted by atomic mass is 35.5. The van der Waals surface area contributed by atoms with Gasteiger partial charge in [0.05, 0.1) is 17.1 Å². The third kappa shape index (κ3) is 5.44. The smallest absolute Gasteiger partial charge is 0.245 e. The minimum Gasteiger partial charge on any atom is -0.388 e. The van der Waals surface area contributed by atoms with Gasteiger partial charge in [0, 0.05) is 36.0 Å². The van der Waals surface area contributed by atoms with Crippen LogP contribution in [-0.2, 0) is 22.7 Å². The van der Waals surface area contributed by atoms with Crippen LogP contribution in [0.25, 0.3) is 10.9 Å². The highest BCUT2D eigenvalue weighted by molar-refractivity contribution is 6.30. The number of hydrogen-bond acceptors (Lipinski definition) is 6. The lowest BCUT2D eigenvalue weighted by Gasteiger charge is -2.22. The summed E-state index contributed by atoms with van der Waals surface area (Å²) in [4.78, 5) is 51.2. The molecule has 0 aliphatic heterocycles. The van der Waals surface area contributed by atoms with E-state index in [-0.39, 0.29) is 59.2 Å². The van der Waals surface area contributed by atoms with Crippen LogP contribution in [-0.4, -0.2) is 62.4 Å². The molecule has 4 rings (SSSR count). The maximum absolute atomic E-state index is 14.1. The van der Waals surface area contributed by atoms with Gasteiger partial charge in [0.1, 0.15) is 24.7 Å². The van der Waals surface area contributed by atoms with Crippen molar-refractivity contribution < 1.29 is 28.7 Å². The second-order valence-electron chi connectivity index (χ2n) is 8.62. The first-order valence-electron chi connectivity index (χ1n) is 11.3. The number of rotatable bonds is 10. The third-order valence-electron chi connectivity index (χ3n) is 5.96. The Morgan fingerprint density at radius 2 is 1.97 bits per heavy atom. The zero-order valence-corrected chi connectivity index (χ0v) is 20.2. The van der Waals surface area contributed by atoms with Crippen molar-refractivity contribution in [1.29, 1.82) is 0 Å². The Bertz CT molecular complexity index is 1370. The van der Waals surface area contributed by atoms with E-state index in [0.717, 1.165) is 12.8 Å². The number of carbonyl (C=O) groups is 4. The van der Waals surface area contributed by atoms with Crippen LogP contribution < -0.4 is 5.32 Å². The van der Waals surface area contributed by atoms with E-state index in [1.807, 2.05) is 0 Å². The van der Waals surface area contributed by atoms with Crippen molar-refractivity contribution in [3.05, 3.63) is 64.1 Å². The van der Waals surface area contributed by atoms with E-state index in [9.17, 15) is 23.6 Å². The third-order valence-corrected chi connectivity index (χ3v) is 6.26. The molecule has 188 valence electrons. The minimum absolute atomic E-state index is 0.0410. The van der Waals surface area contributed by atoms with Crippen molar-refractivity contribution in [3.8, 4) is 0 Å². The molecule has 0 saturated heterocycles. The van der Waals surface area contributed by atoms with Gasteiger partial charge in [-0.15, -0.1) is 0 Å². The molecule has 1 aromatic heterocycles. The molecule has 1 heterocycles. The van der Waals surface area contributed by atoms with E-state index >= 15 is 0 Å². The molecule has 0 atom stereocenters. The number of nitrogens with zero attached hydrogens (tertiary/aromatic N) is 3. The molecule has 2 aromatic carbocycles. The first-order valence-corrected chi connectivity index (χ1v) is 11.7. The fourth-order valence-electron chi connectivity index (χ4n) is 3.94. The summed E-state index contributed by atoms with van der Waals surface area (Å²) in [5.74, 6) is -2.26. The average Bonchev–Trinajstić information content (AvgIpc) is 3.64. The molecule has 36 heavy (non-hydrogen) atoms. The molecule has 9 nitrogen and oxygen atoms in total. The Labute approximate surface area is 210 Å². The Hall–Kier alpha value is -3.63. The molecule has 2 amide bonds. The number of carbonyl (C=O) groups excluding carboxylic acids is 4. The largest absolute Gasteiger partial charge is 0.388 e. The lowest BCUT2D eigenvalue weighted by Crippen LogP contribution is -2.43. The van der Waals surface area contributed by atoms with E-state index in [1.54, 1.807) is 12.1 Å². The number of aromatic nitrogens is 2. The average molecular weight is 515 g/mol. The first-order chi connectivity index (χ1) is 17.2. The molecular formula is C25H24ClFN4O5. The second-order valence-corrected chi connectivity index (χ2v) is 9.03. The normalized spacial score (nSPS) is 13.0. The van der Waals surface area contributed by atoms with Gasteiger partial charge in [0.2, 0.25) is 11.8 Å². The van der Waals surface area contributed by atoms with Gasteiger partial charge in [-0.1, -0.05) is 23.7 Å². The number of aliphatic hydroxyl groups is 1. The minimum atomic E-state index is -0.671. The standard InChI is InChI=1S/C25H24ClFN4O5/c1-14(33)25-18-9-15(21(34)13-32)5-8-20(18)31(29-25)12-23(36)30(17-6-7-17)11-22(35)28-10-16-3-2-4-19(26)24(16)27/h2-5,8-9,17,32H,6-7,10-13H2,1H3,(H,28,35). The van der Waals surface area contributed by atoms with Crippen molar-refractivity contribution in [1.82, 2.24) is 20.0 Å². The number of aliphatic hydroxyl groups excluding tert-OH is 1. The number of halogens is 2. The molecule has 1 aliphatic carbocycles. The lowest BCUT2D eigenvalue weighted by atomic mass is 10.1. The van der Waals surface area contributed by atoms with Gasteiger partial charge >= 0.3 is 0 Å². The van der Waals surface area contributed by atoms with Crippen LogP contribution in [0.2, 0.25) is 5.02 Å². The van der Waals surface area contributed by atoms with Crippen LogP contribution in [0.15, 0.2) is 36.4 Å². The maximum Gasteiger partial charge on any atom is 0.245 e. The molecule has 0 spiro atoms. The number of nitrogens with one attached hydrogen (secondary N) is 1. The molecule has 1 fully saturated rings. The van der Waals surface area contributed by atoms with Crippen LogP contribution in [0.1, 0.15) is 46.2 Å². The SMILES string of the molecule is CC(=O)c1nn(CC(=O)N(CC(=O)NCc2cccc(Cl)c2F)C2CC2)c2ccc(C(=O)CO)cc12. The van der Waals surface area contributed by atoms with Crippen LogP contribution in [0, 0.1) is 5.82 Å². The molecule has 0 bridgehead atoms. The molecule has 1 aliphatic rings. The summed E-state index contributed by atoms with van der Waals surface area (Å²) in [6.45, 7) is 0.163. The fourth-order valence-corrected chi connectivity index (χ4v) is 4.13. The highest BCUT2D eigenvalue weighted by Gasteiger charge is 2.34. The van der Waals surface area contributed by atoms with E-state index in [0.29, 0.717) is 10.9 Å². The lowest BCUT2D eigenvalue weighted by molar-refractivity contribution is -0.137. The summed E-state index contributed by atoms with van der Waals surface area (Å²) < 4.78 is 15.5. The zero-order valence-electron chi connectivity index (χ0n) is 19.5. The molecule has 3 aromatic rings. The molecule has 2 N–H and O–H groups in total. The number of Topliss-reactive ketones (excluding diaryl/α,β-unsaturated/α-hetero) is 2. The van der Waals surface area contributed by atoms with E-state index < -0.39 is 24.1 Å². The maximum atomic E-state index is 14.1. The molecule has 0 unspecified atom stereocenters. The van der Waals surface area contributed by atoms with Gasteiger partial charge in [-0.3, -0.25) is 23.9 Å². The van der Waals surface area contributed by atoms with Gasteiger partial charge in [0.15, 0.2) is 11.6 Å². The molecule has 0 radical (unpaired) electrons. The molecule has 1 saturated carbocycles. The van der Waals surface area contributed by atoms with Crippen LogP contribution >= 0.6 is 11.6 Å². The fraction of sp³-hybridized carbons (Fsp3) is 0.320.